The number of nitrogens with zero attached hydrogens (tertiary/aromatic N) is 1. The fourth-order valence-corrected chi connectivity index (χ4v) is 2.89. The van der Waals surface area contributed by atoms with E-state index in [1.54, 1.807) is 24.3 Å². The molecule has 3 aromatic rings. The van der Waals surface area contributed by atoms with Gasteiger partial charge in [-0.2, -0.15) is 5.10 Å². The lowest BCUT2D eigenvalue weighted by molar-refractivity contribution is -0.129. The topological polar surface area (TPSA) is 77.0 Å². The van der Waals surface area contributed by atoms with Gasteiger partial charge in [0, 0.05) is 11.6 Å². The third-order valence-corrected chi connectivity index (χ3v) is 4.91. The Bertz CT molecular complexity index is 1180. The summed E-state index contributed by atoms with van der Waals surface area (Å²) in [6.45, 7) is 0. The molecule has 0 atom stereocenters. The Hall–Kier alpha value is -3.61. The van der Waals surface area contributed by atoms with Crippen LogP contribution in [0.4, 0.5) is 0 Å². The van der Waals surface area contributed by atoms with Crippen LogP contribution in [0.5, 0.6) is 11.5 Å². The van der Waals surface area contributed by atoms with Crippen LogP contribution in [0.2, 0.25) is 10.0 Å². The first-order chi connectivity index (χ1) is 15.5. The molecule has 0 radical (unpaired) electrons. The van der Waals surface area contributed by atoms with Crippen molar-refractivity contribution in [3.8, 4) is 11.5 Å². The molecule has 6 nitrogen and oxygen atoms in total. The van der Waals surface area contributed by atoms with Gasteiger partial charge in [-0.15, -0.1) is 0 Å². The SMILES string of the molecule is COc1cc(/C=N\NC(=O)c2ccc(Cl)c(Cl)c2)ccc1OC(=O)/C=C/c1ccccc1. The van der Waals surface area contributed by atoms with Crippen molar-refractivity contribution in [2.75, 3.05) is 7.11 Å². The number of carbonyl (C=O) groups is 2. The molecule has 0 spiro atoms. The largest absolute Gasteiger partial charge is 0.493 e. The van der Waals surface area contributed by atoms with Gasteiger partial charge in [-0.25, -0.2) is 10.2 Å². The molecule has 0 aliphatic heterocycles. The molecule has 8 heteroatoms. The minimum atomic E-state index is -0.539. The van der Waals surface area contributed by atoms with Crippen molar-refractivity contribution in [2.45, 2.75) is 0 Å². The molecule has 0 aromatic heterocycles. The quantitative estimate of drug-likeness (QED) is 0.166. The summed E-state index contributed by atoms with van der Waals surface area (Å²) in [6, 6.07) is 18.8. The summed E-state index contributed by atoms with van der Waals surface area (Å²) in [4.78, 5) is 24.3. The highest BCUT2D eigenvalue weighted by molar-refractivity contribution is 6.42. The van der Waals surface area contributed by atoms with Crippen molar-refractivity contribution in [2.24, 2.45) is 5.10 Å². The molecule has 1 N–H and O–H groups in total. The van der Waals surface area contributed by atoms with Crippen LogP contribution in [0.3, 0.4) is 0 Å². The minimum absolute atomic E-state index is 0.257. The second kappa shape index (κ2) is 11.1. The third kappa shape index (κ3) is 6.44. The normalized spacial score (nSPS) is 11.0. The number of hydrazone groups is 1. The summed E-state index contributed by atoms with van der Waals surface area (Å²) >= 11 is 11.8. The molecule has 1 amide bonds. The van der Waals surface area contributed by atoms with Crippen molar-refractivity contribution in [1.82, 2.24) is 5.43 Å². The van der Waals surface area contributed by atoms with Gasteiger partial charge >= 0.3 is 5.97 Å². The molecule has 3 aromatic carbocycles. The number of methoxy groups -OCH3 is 1. The standard InChI is InChI=1S/C24H18Cl2N2O4/c1-31-22-13-17(15-27-28-24(30)18-9-10-19(25)20(26)14-18)7-11-21(22)32-23(29)12-8-16-5-3-2-4-6-16/h2-15H,1H3,(H,28,30)/b12-8+,27-15-. The summed E-state index contributed by atoms with van der Waals surface area (Å²) in [5.74, 6) is -0.386. The van der Waals surface area contributed by atoms with Gasteiger partial charge < -0.3 is 9.47 Å². The van der Waals surface area contributed by atoms with Crippen LogP contribution >= 0.6 is 23.2 Å². The van der Waals surface area contributed by atoms with Gasteiger partial charge in [-0.3, -0.25) is 4.79 Å². The molecule has 0 unspecified atom stereocenters. The monoisotopic (exact) mass is 468 g/mol. The number of carbonyl (C=O) groups excluding carboxylic acids is 2. The van der Waals surface area contributed by atoms with Crippen molar-refractivity contribution in [3.63, 3.8) is 0 Å². The summed E-state index contributed by atoms with van der Waals surface area (Å²) in [5, 5.41) is 4.56. The highest BCUT2D eigenvalue weighted by Crippen LogP contribution is 2.28. The first-order valence-corrected chi connectivity index (χ1v) is 10.1. The maximum atomic E-state index is 12.1. The van der Waals surface area contributed by atoms with Gasteiger partial charge in [0.25, 0.3) is 5.91 Å². The van der Waals surface area contributed by atoms with E-state index in [0.29, 0.717) is 21.9 Å². The van der Waals surface area contributed by atoms with E-state index in [1.165, 1.54) is 37.6 Å². The number of nitrogens with one attached hydrogen (secondary N) is 1. The first-order valence-electron chi connectivity index (χ1n) is 9.37. The maximum absolute atomic E-state index is 12.1. The van der Waals surface area contributed by atoms with E-state index in [1.807, 2.05) is 30.3 Å². The van der Waals surface area contributed by atoms with Crippen molar-refractivity contribution in [3.05, 3.63) is 99.5 Å². The van der Waals surface area contributed by atoms with E-state index in [9.17, 15) is 9.59 Å². The van der Waals surface area contributed by atoms with Crippen LogP contribution in [-0.2, 0) is 4.79 Å². The molecule has 162 valence electrons. The van der Waals surface area contributed by atoms with Gasteiger partial charge in [0.1, 0.15) is 0 Å². The van der Waals surface area contributed by atoms with E-state index in [0.717, 1.165) is 5.56 Å². The summed E-state index contributed by atoms with van der Waals surface area (Å²) in [5.41, 5.74) is 4.23. The highest BCUT2D eigenvalue weighted by Gasteiger charge is 2.10. The lowest BCUT2D eigenvalue weighted by atomic mass is 10.2. The van der Waals surface area contributed by atoms with Gasteiger partial charge in [0.15, 0.2) is 11.5 Å². The van der Waals surface area contributed by atoms with Crippen LogP contribution in [0.25, 0.3) is 6.08 Å². The zero-order valence-corrected chi connectivity index (χ0v) is 18.4. The van der Waals surface area contributed by atoms with E-state index >= 15 is 0 Å². The van der Waals surface area contributed by atoms with Gasteiger partial charge in [0.05, 0.1) is 23.4 Å². The minimum Gasteiger partial charge on any atom is -0.493 e. The Labute approximate surface area is 195 Å². The average Bonchev–Trinajstić information content (AvgIpc) is 2.81. The second-order valence-corrected chi connectivity index (χ2v) is 7.22. The number of hydrogen-bond donors (Lipinski definition) is 1. The molecule has 0 saturated heterocycles. The van der Waals surface area contributed by atoms with E-state index in [-0.39, 0.29) is 10.8 Å². The maximum Gasteiger partial charge on any atom is 0.336 e. The third-order valence-electron chi connectivity index (χ3n) is 4.17. The Morgan fingerprint density at radius 1 is 0.906 bits per heavy atom. The summed E-state index contributed by atoms with van der Waals surface area (Å²) in [6.07, 6.45) is 4.42. The summed E-state index contributed by atoms with van der Waals surface area (Å²) in [7, 11) is 1.46. The van der Waals surface area contributed by atoms with Crippen LogP contribution in [0.15, 0.2) is 77.9 Å². The average molecular weight is 469 g/mol. The van der Waals surface area contributed by atoms with Gasteiger partial charge in [0.2, 0.25) is 0 Å². The highest BCUT2D eigenvalue weighted by atomic mass is 35.5. The molecular weight excluding hydrogens is 451 g/mol. The number of benzene rings is 3. The van der Waals surface area contributed by atoms with E-state index < -0.39 is 11.9 Å². The van der Waals surface area contributed by atoms with Crippen molar-refractivity contribution < 1.29 is 19.1 Å². The predicted molar refractivity (Wildman–Crippen MR) is 126 cm³/mol. The van der Waals surface area contributed by atoms with Crippen LogP contribution in [0.1, 0.15) is 21.5 Å². The predicted octanol–water partition coefficient (Wildman–Crippen LogP) is 5.38. The number of esters is 1. The fourth-order valence-electron chi connectivity index (χ4n) is 2.59. The van der Waals surface area contributed by atoms with E-state index in [2.05, 4.69) is 10.5 Å². The first kappa shape index (κ1) is 23.1. The fraction of sp³-hybridized carbons (Fsp3) is 0.0417. The Morgan fingerprint density at radius 2 is 1.69 bits per heavy atom. The number of ether oxygens (including phenoxy) is 2. The molecule has 0 saturated carbocycles. The molecule has 0 bridgehead atoms. The molecule has 0 heterocycles. The lowest BCUT2D eigenvalue weighted by Crippen LogP contribution is -2.17. The molecule has 0 aliphatic carbocycles. The smallest absolute Gasteiger partial charge is 0.336 e. The molecule has 0 aliphatic rings. The number of amides is 1. The van der Waals surface area contributed by atoms with Crippen LogP contribution in [-0.4, -0.2) is 25.2 Å². The van der Waals surface area contributed by atoms with Gasteiger partial charge in [-0.1, -0.05) is 53.5 Å². The molecule has 0 fully saturated rings. The van der Waals surface area contributed by atoms with Crippen LogP contribution < -0.4 is 14.9 Å². The zero-order chi connectivity index (χ0) is 22.9. The van der Waals surface area contributed by atoms with Gasteiger partial charge in [-0.05, 0) is 53.6 Å². The Kier molecular flexibility index (Phi) is 8.02. The van der Waals surface area contributed by atoms with Crippen LogP contribution in [0, 0.1) is 0 Å². The number of rotatable bonds is 7. The molecule has 3 rings (SSSR count). The Balaban J connectivity index is 1.62. The Morgan fingerprint density at radius 3 is 2.41 bits per heavy atom. The second-order valence-electron chi connectivity index (χ2n) is 6.40. The number of halogens is 2. The molecular formula is C24H18Cl2N2O4. The summed E-state index contributed by atoms with van der Waals surface area (Å²) < 4.78 is 10.6. The zero-order valence-electron chi connectivity index (χ0n) is 16.9. The number of hydrogen-bond acceptors (Lipinski definition) is 5. The van der Waals surface area contributed by atoms with Crippen molar-refractivity contribution in [1.29, 1.82) is 0 Å². The lowest BCUT2D eigenvalue weighted by Gasteiger charge is -2.08. The van der Waals surface area contributed by atoms with E-state index in [4.69, 9.17) is 32.7 Å². The molecule has 32 heavy (non-hydrogen) atoms. The van der Waals surface area contributed by atoms with Crippen molar-refractivity contribution >= 4 is 47.4 Å².